The highest BCUT2D eigenvalue weighted by molar-refractivity contribution is 7.17. The Morgan fingerprint density at radius 2 is 2.09 bits per heavy atom. The molecule has 1 fully saturated rings. The fraction of sp³-hybridized carbons (Fsp3) is 0.235. The number of primary amides is 1. The lowest BCUT2D eigenvalue weighted by Crippen LogP contribution is -2.40. The van der Waals surface area contributed by atoms with Crippen LogP contribution in [0.3, 0.4) is 0 Å². The molecular formula is C17H16N4OS. The minimum absolute atomic E-state index is 0.281. The van der Waals surface area contributed by atoms with Gasteiger partial charge in [0.15, 0.2) is 0 Å². The first-order valence-corrected chi connectivity index (χ1v) is 8.47. The van der Waals surface area contributed by atoms with Crippen LogP contribution in [0.15, 0.2) is 42.0 Å². The van der Waals surface area contributed by atoms with Crippen LogP contribution in [0, 0.1) is 0 Å². The van der Waals surface area contributed by atoms with Gasteiger partial charge in [-0.2, -0.15) is 0 Å². The summed E-state index contributed by atoms with van der Waals surface area (Å²) in [6.07, 6.45) is 3.30. The Hall–Kier alpha value is -2.47. The smallest absolute Gasteiger partial charge is 0.240 e. The zero-order valence-corrected chi connectivity index (χ0v) is 13.3. The fourth-order valence-electron chi connectivity index (χ4n) is 3.22. The highest BCUT2D eigenvalue weighted by Crippen LogP contribution is 2.39. The molecule has 23 heavy (non-hydrogen) atoms. The van der Waals surface area contributed by atoms with Crippen molar-refractivity contribution < 1.29 is 4.79 Å². The number of nitrogens with two attached hydrogens (primary N) is 1. The zero-order valence-electron chi connectivity index (χ0n) is 12.5. The highest BCUT2D eigenvalue weighted by atomic mass is 32.1. The van der Waals surface area contributed by atoms with E-state index in [4.69, 9.17) is 5.73 Å². The molecule has 116 valence electrons. The van der Waals surface area contributed by atoms with E-state index in [2.05, 4.69) is 27.5 Å². The Bertz CT molecular complexity index is 861. The van der Waals surface area contributed by atoms with Gasteiger partial charge >= 0.3 is 0 Å². The van der Waals surface area contributed by atoms with E-state index in [1.54, 1.807) is 17.7 Å². The molecule has 4 rings (SSSR count). The lowest BCUT2D eigenvalue weighted by Gasteiger charge is -2.24. The Morgan fingerprint density at radius 3 is 2.87 bits per heavy atom. The summed E-state index contributed by atoms with van der Waals surface area (Å²) < 4.78 is 0. The molecule has 3 aromatic rings. The quantitative estimate of drug-likeness (QED) is 0.804. The van der Waals surface area contributed by atoms with Gasteiger partial charge in [0, 0.05) is 17.5 Å². The molecule has 1 aliphatic heterocycles. The van der Waals surface area contributed by atoms with Gasteiger partial charge in [-0.3, -0.25) is 4.79 Å². The van der Waals surface area contributed by atoms with Crippen molar-refractivity contribution in [2.75, 3.05) is 11.4 Å². The number of carbonyl (C=O) groups excluding carboxylic acids is 1. The second-order valence-electron chi connectivity index (χ2n) is 5.65. The van der Waals surface area contributed by atoms with E-state index < -0.39 is 0 Å². The number of nitrogens with zero attached hydrogens (tertiary/aromatic N) is 3. The van der Waals surface area contributed by atoms with Crippen molar-refractivity contribution in [3.05, 3.63) is 42.0 Å². The predicted molar refractivity (Wildman–Crippen MR) is 92.4 cm³/mol. The highest BCUT2D eigenvalue weighted by Gasteiger charge is 2.32. The van der Waals surface area contributed by atoms with Gasteiger partial charge in [0.05, 0.1) is 5.39 Å². The molecule has 1 atom stereocenters. The average molecular weight is 324 g/mol. The minimum Gasteiger partial charge on any atom is -0.368 e. The van der Waals surface area contributed by atoms with Crippen molar-refractivity contribution in [1.82, 2.24) is 9.97 Å². The van der Waals surface area contributed by atoms with Crippen LogP contribution in [0.5, 0.6) is 0 Å². The van der Waals surface area contributed by atoms with E-state index in [-0.39, 0.29) is 11.9 Å². The number of aromatic nitrogens is 2. The monoisotopic (exact) mass is 324 g/mol. The Kier molecular flexibility index (Phi) is 3.46. The molecule has 3 heterocycles. The van der Waals surface area contributed by atoms with Gasteiger partial charge in [-0.1, -0.05) is 30.3 Å². The van der Waals surface area contributed by atoms with Crippen LogP contribution in [-0.2, 0) is 4.79 Å². The maximum atomic E-state index is 11.8. The van der Waals surface area contributed by atoms with Crippen LogP contribution >= 0.6 is 11.3 Å². The lowest BCUT2D eigenvalue weighted by molar-refractivity contribution is -0.119. The molecule has 0 radical (unpaired) electrons. The maximum Gasteiger partial charge on any atom is 0.240 e. The molecule has 0 bridgehead atoms. The summed E-state index contributed by atoms with van der Waals surface area (Å²) in [5, 5.41) is 3.12. The van der Waals surface area contributed by atoms with Crippen molar-refractivity contribution in [3.8, 4) is 11.1 Å². The molecule has 1 amide bonds. The van der Waals surface area contributed by atoms with Gasteiger partial charge in [0.1, 0.15) is 23.0 Å². The first-order valence-electron chi connectivity index (χ1n) is 7.59. The van der Waals surface area contributed by atoms with Gasteiger partial charge in [-0.15, -0.1) is 11.3 Å². The third kappa shape index (κ3) is 2.35. The van der Waals surface area contributed by atoms with Crippen LogP contribution in [0.2, 0.25) is 0 Å². The number of hydrogen-bond acceptors (Lipinski definition) is 5. The number of hydrogen-bond donors (Lipinski definition) is 1. The summed E-state index contributed by atoms with van der Waals surface area (Å²) in [4.78, 5) is 23.6. The molecule has 0 saturated carbocycles. The summed E-state index contributed by atoms with van der Waals surface area (Å²) in [6.45, 7) is 0.795. The summed E-state index contributed by atoms with van der Waals surface area (Å²) >= 11 is 1.60. The topological polar surface area (TPSA) is 72.1 Å². The van der Waals surface area contributed by atoms with E-state index in [9.17, 15) is 4.79 Å². The largest absolute Gasteiger partial charge is 0.368 e. The predicted octanol–water partition coefficient (Wildman–Crippen LogP) is 2.81. The number of thiophene rings is 1. The number of benzene rings is 1. The molecule has 6 heteroatoms. The number of carbonyl (C=O) groups is 1. The van der Waals surface area contributed by atoms with Crippen LogP contribution in [0.4, 0.5) is 5.82 Å². The summed E-state index contributed by atoms with van der Waals surface area (Å²) in [5.74, 6) is 0.530. The molecule has 0 aliphatic carbocycles. The average Bonchev–Trinajstić information content (AvgIpc) is 3.22. The molecule has 2 aromatic heterocycles. The van der Waals surface area contributed by atoms with E-state index >= 15 is 0 Å². The normalized spacial score (nSPS) is 17.7. The van der Waals surface area contributed by atoms with Gasteiger partial charge in [0.2, 0.25) is 5.91 Å². The van der Waals surface area contributed by atoms with Gasteiger partial charge in [-0.25, -0.2) is 9.97 Å². The van der Waals surface area contributed by atoms with Crippen molar-refractivity contribution in [2.45, 2.75) is 18.9 Å². The molecular weight excluding hydrogens is 308 g/mol. The molecule has 5 nitrogen and oxygen atoms in total. The fourth-order valence-corrected chi connectivity index (χ4v) is 4.13. The van der Waals surface area contributed by atoms with Gasteiger partial charge in [0.25, 0.3) is 0 Å². The van der Waals surface area contributed by atoms with Crippen LogP contribution in [-0.4, -0.2) is 28.5 Å². The molecule has 1 unspecified atom stereocenters. The summed E-state index contributed by atoms with van der Waals surface area (Å²) in [7, 11) is 0. The summed E-state index contributed by atoms with van der Waals surface area (Å²) in [6, 6.07) is 9.91. The standard InChI is InChI=1S/C17H16N4OS/c18-15(22)13-7-4-8-21(13)16-14-12(11-5-2-1-3-6-11)9-23-17(14)20-10-19-16/h1-3,5-6,9-10,13H,4,7-8H2,(H2,18,22). The van der Waals surface area contributed by atoms with Crippen molar-refractivity contribution in [1.29, 1.82) is 0 Å². The van der Waals surface area contributed by atoms with Gasteiger partial charge in [-0.05, 0) is 18.4 Å². The molecule has 1 saturated heterocycles. The van der Waals surface area contributed by atoms with Gasteiger partial charge < -0.3 is 10.6 Å². The SMILES string of the molecule is NC(=O)C1CCCN1c1ncnc2scc(-c3ccccc3)c12. The second-order valence-corrected chi connectivity index (χ2v) is 6.50. The molecule has 1 aliphatic rings. The van der Waals surface area contributed by atoms with E-state index in [1.807, 2.05) is 23.1 Å². The maximum absolute atomic E-state index is 11.8. The molecule has 2 N–H and O–H groups in total. The van der Waals surface area contributed by atoms with Crippen molar-refractivity contribution in [3.63, 3.8) is 0 Å². The Morgan fingerprint density at radius 1 is 1.26 bits per heavy atom. The third-order valence-corrected chi connectivity index (χ3v) is 5.17. The third-order valence-electron chi connectivity index (χ3n) is 4.29. The zero-order chi connectivity index (χ0) is 15.8. The number of fused-ring (bicyclic) bond motifs is 1. The number of amides is 1. The van der Waals surface area contributed by atoms with E-state index in [1.165, 1.54) is 0 Å². The van der Waals surface area contributed by atoms with E-state index in [0.717, 1.165) is 46.5 Å². The van der Waals surface area contributed by atoms with Crippen molar-refractivity contribution >= 4 is 33.3 Å². The Labute approximate surface area is 137 Å². The molecule has 0 spiro atoms. The van der Waals surface area contributed by atoms with E-state index in [0.29, 0.717) is 0 Å². The van der Waals surface area contributed by atoms with Crippen LogP contribution in [0.1, 0.15) is 12.8 Å². The number of rotatable bonds is 3. The second kappa shape index (κ2) is 5.62. The minimum atomic E-state index is -0.286. The molecule has 1 aromatic carbocycles. The van der Waals surface area contributed by atoms with Crippen LogP contribution < -0.4 is 10.6 Å². The first kappa shape index (κ1) is 14.1. The number of anilines is 1. The summed E-state index contributed by atoms with van der Waals surface area (Å²) in [5.41, 5.74) is 7.81. The van der Waals surface area contributed by atoms with Crippen LogP contribution in [0.25, 0.3) is 21.3 Å². The lowest BCUT2D eigenvalue weighted by atomic mass is 10.1. The van der Waals surface area contributed by atoms with Crippen molar-refractivity contribution in [2.24, 2.45) is 5.73 Å². The first-order chi connectivity index (χ1) is 11.3. The Balaban J connectivity index is 1.91.